The Bertz CT molecular complexity index is 702. The zero-order chi connectivity index (χ0) is 15.6. The van der Waals surface area contributed by atoms with Crippen LogP contribution in [0.1, 0.15) is 15.9 Å². The Hall–Kier alpha value is -1.53. The number of nitrogens with two attached hydrogens (primary N) is 1. The van der Waals surface area contributed by atoms with Crippen molar-refractivity contribution in [1.29, 1.82) is 0 Å². The molecule has 0 saturated carbocycles. The quantitative estimate of drug-likeness (QED) is 0.734. The maximum atomic E-state index is 12.4. The summed E-state index contributed by atoms with van der Waals surface area (Å²) in [4.78, 5) is 12.4. The summed E-state index contributed by atoms with van der Waals surface area (Å²) in [6, 6.07) is 8.90. The van der Waals surface area contributed by atoms with Gasteiger partial charge in [0.25, 0.3) is 5.91 Å². The van der Waals surface area contributed by atoms with Crippen molar-refractivity contribution in [2.75, 3.05) is 18.2 Å². The molecular weight excluding hydrogens is 400 g/mol. The third kappa shape index (κ3) is 3.57. The van der Waals surface area contributed by atoms with Gasteiger partial charge >= 0.3 is 0 Å². The number of methoxy groups -OCH3 is 1. The Morgan fingerprint density at radius 2 is 1.90 bits per heavy atom. The predicted octanol–water partition coefficient (Wildman–Crippen LogP) is 4.36. The second-order valence-electron chi connectivity index (χ2n) is 4.51. The van der Waals surface area contributed by atoms with Crippen molar-refractivity contribution in [3.8, 4) is 5.75 Å². The van der Waals surface area contributed by atoms with Crippen molar-refractivity contribution in [2.45, 2.75) is 6.92 Å². The SMILES string of the molecule is COc1cc(NC(=O)c2cc(C)ccc2N)c(Br)cc1Br. The van der Waals surface area contributed by atoms with Gasteiger partial charge in [-0.3, -0.25) is 4.79 Å². The molecule has 21 heavy (non-hydrogen) atoms. The van der Waals surface area contributed by atoms with E-state index in [2.05, 4.69) is 37.2 Å². The lowest BCUT2D eigenvalue weighted by atomic mass is 10.1. The zero-order valence-corrected chi connectivity index (χ0v) is 14.7. The fourth-order valence-corrected chi connectivity index (χ4v) is 3.09. The Kier molecular flexibility index (Phi) is 4.90. The maximum Gasteiger partial charge on any atom is 0.257 e. The van der Waals surface area contributed by atoms with Crippen LogP contribution in [0.25, 0.3) is 0 Å². The number of ether oxygens (including phenoxy) is 1. The van der Waals surface area contributed by atoms with Gasteiger partial charge in [0.1, 0.15) is 5.75 Å². The molecule has 2 aromatic rings. The number of nitrogen functional groups attached to an aromatic ring is 1. The van der Waals surface area contributed by atoms with Crippen LogP contribution in [0.4, 0.5) is 11.4 Å². The topological polar surface area (TPSA) is 64.3 Å². The van der Waals surface area contributed by atoms with Crippen LogP contribution in [0.2, 0.25) is 0 Å². The van der Waals surface area contributed by atoms with Crippen molar-refractivity contribution in [1.82, 2.24) is 0 Å². The summed E-state index contributed by atoms with van der Waals surface area (Å²) in [5, 5.41) is 2.83. The predicted molar refractivity (Wildman–Crippen MR) is 91.9 cm³/mol. The van der Waals surface area contributed by atoms with Crippen LogP contribution < -0.4 is 15.8 Å². The number of halogens is 2. The normalized spacial score (nSPS) is 10.3. The minimum atomic E-state index is -0.263. The number of hydrogen-bond acceptors (Lipinski definition) is 3. The molecule has 0 spiro atoms. The number of nitrogens with one attached hydrogen (secondary N) is 1. The van der Waals surface area contributed by atoms with Crippen LogP contribution >= 0.6 is 31.9 Å². The summed E-state index contributed by atoms with van der Waals surface area (Å²) in [6.45, 7) is 1.91. The Labute approximate surface area is 139 Å². The number of aryl methyl sites for hydroxylation is 1. The average molecular weight is 414 g/mol. The lowest BCUT2D eigenvalue weighted by molar-refractivity contribution is 0.102. The zero-order valence-electron chi connectivity index (χ0n) is 11.5. The lowest BCUT2D eigenvalue weighted by Gasteiger charge is -2.12. The van der Waals surface area contributed by atoms with Crippen molar-refractivity contribution in [3.63, 3.8) is 0 Å². The van der Waals surface area contributed by atoms with E-state index in [0.29, 0.717) is 22.7 Å². The van der Waals surface area contributed by atoms with E-state index in [0.717, 1.165) is 14.5 Å². The van der Waals surface area contributed by atoms with Gasteiger partial charge in [-0.2, -0.15) is 0 Å². The second-order valence-corrected chi connectivity index (χ2v) is 6.22. The summed E-state index contributed by atoms with van der Waals surface area (Å²) >= 11 is 6.80. The number of anilines is 2. The molecule has 0 unspecified atom stereocenters. The molecule has 1 amide bonds. The minimum Gasteiger partial charge on any atom is -0.495 e. The summed E-state index contributed by atoms with van der Waals surface area (Å²) in [7, 11) is 1.57. The van der Waals surface area contributed by atoms with E-state index < -0.39 is 0 Å². The smallest absolute Gasteiger partial charge is 0.257 e. The van der Waals surface area contributed by atoms with E-state index in [1.165, 1.54) is 0 Å². The largest absolute Gasteiger partial charge is 0.495 e. The molecule has 0 radical (unpaired) electrons. The molecule has 0 saturated heterocycles. The molecule has 0 aliphatic rings. The van der Waals surface area contributed by atoms with Crippen LogP contribution in [-0.4, -0.2) is 13.0 Å². The minimum absolute atomic E-state index is 0.263. The molecule has 2 rings (SSSR count). The third-order valence-corrected chi connectivity index (χ3v) is 4.22. The van der Waals surface area contributed by atoms with Crippen LogP contribution in [0.3, 0.4) is 0 Å². The number of benzene rings is 2. The molecule has 3 N–H and O–H groups in total. The van der Waals surface area contributed by atoms with E-state index in [-0.39, 0.29) is 5.91 Å². The highest BCUT2D eigenvalue weighted by molar-refractivity contribution is 9.11. The monoisotopic (exact) mass is 412 g/mol. The first-order valence-electron chi connectivity index (χ1n) is 6.13. The van der Waals surface area contributed by atoms with E-state index in [1.807, 2.05) is 19.1 Å². The van der Waals surface area contributed by atoms with Gasteiger partial charge in [0.05, 0.1) is 22.8 Å². The van der Waals surface area contributed by atoms with Crippen molar-refractivity contribution >= 4 is 49.1 Å². The molecule has 0 atom stereocenters. The standard InChI is InChI=1S/C15H14Br2N2O2/c1-8-3-4-12(18)9(5-8)15(20)19-13-7-14(21-2)11(17)6-10(13)16/h3-7H,18H2,1-2H3,(H,19,20). The average Bonchev–Trinajstić information content (AvgIpc) is 2.44. The van der Waals surface area contributed by atoms with Gasteiger partial charge in [-0.25, -0.2) is 0 Å². The number of carbonyl (C=O) groups excluding carboxylic acids is 1. The second kappa shape index (κ2) is 6.49. The van der Waals surface area contributed by atoms with Gasteiger partial charge in [0, 0.05) is 16.2 Å². The van der Waals surface area contributed by atoms with Crippen LogP contribution in [0, 0.1) is 6.92 Å². The summed E-state index contributed by atoms with van der Waals surface area (Å²) in [5.41, 5.74) is 8.33. The van der Waals surface area contributed by atoms with Crippen molar-refractivity contribution in [3.05, 3.63) is 50.4 Å². The maximum absolute atomic E-state index is 12.4. The summed E-state index contributed by atoms with van der Waals surface area (Å²) in [6.07, 6.45) is 0. The highest BCUT2D eigenvalue weighted by atomic mass is 79.9. The number of amides is 1. The van der Waals surface area contributed by atoms with Crippen LogP contribution in [-0.2, 0) is 0 Å². The summed E-state index contributed by atoms with van der Waals surface area (Å²) in [5.74, 6) is 0.368. The highest BCUT2D eigenvalue weighted by Crippen LogP contribution is 2.34. The van der Waals surface area contributed by atoms with Gasteiger partial charge in [0.2, 0.25) is 0 Å². The molecular formula is C15H14Br2N2O2. The number of carbonyl (C=O) groups is 1. The molecule has 6 heteroatoms. The van der Waals surface area contributed by atoms with E-state index in [9.17, 15) is 4.79 Å². The van der Waals surface area contributed by atoms with Crippen molar-refractivity contribution in [2.24, 2.45) is 0 Å². The fraction of sp³-hybridized carbons (Fsp3) is 0.133. The van der Waals surface area contributed by atoms with E-state index in [1.54, 1.807) is 25.3 Å². The van der Waals surface area contributed by atoms with Gasteiger partial charge in [-0.15, -0.1) is 0 Å². The Morgan fingerprint density at radius 3 is 2.57 bits per heavy atom. The van der Waals surface area contributed by atoms with Gasteiger partial charge in [-0.1, -0.05) is 11.6 Å². The van der Waals surface area contributed by atoms with Gasteiger partial charge in [-0.05, 0) is 57.0 Å². The molecule has 0 aromatic heterocycles. The number of hydrogen-bond donors (Lipinski definition) is 2. The molecule has 4 nitrogen and oxygen atoms in total. The van der Waals surface area contributed by atoms with Crippen LogP contribution in [0.5, 0.6) is 5.75 Å². The third-order valence-electron chi connectivity index (χ3n) is 2.94. The lowest BCUT2D eigenvalue weighted by Crippen LogP contribution is -2.14. The number of rotatable bonds is 3. The van der Waals surface area contributed by atoms with E-state index >= 15 is 0 Å². The molecule has 0 bridgehead atoms. The highest BCUT2D eigenvalue weighted by Gasteiger charge is 2.14. The summed E-state index contributed by atoms with van der Waals surface area (Å²) < 4.78 is 6.77. The molecule has 0 fully saturated rings. The van der Waals surface area contributed by atoms with Crippen LogP contribution in [0.15, 0.2) is 39.3 Å². The Balaban J connectivity index is 2.33. The molecule has 0 aliphatic carbocycles. The molecule has 110 valence electrons. The van der Waals surface area contributed by atoms with Gasteiger partial charge in [0.15, 0.2) is 0 Å². The first-order chi connectivity index (χ1) is 9.92. The first-order valence-corrected chi connectivity index (χ1v) is 7.71. The molecule has 0 aliphatic heterocycles. The van der Waals surface area contributed by atoms with Crippen molar-refractivity contribution < 1.29 is 9.53 Å². The first kappa shape index (κ1) is 15.9. The Morgan fingerprint density at radius 1 is 1.19 bits per heavy atom. The van der Waals surface area contributed by atoms with Gasteiger partial charge < -0.3 is 15.8 Å². The molecule has 2 aromatic carbocycles. The molecule has 0 heterocycles. The fourth-order valence-electron chi connectivity index (χ4n) is 1.84. The van der Waals surface area contributed by atoms with E-state index in [4.69, 9.17) is 10.5 Å².